The van der Waals surface area contributed by atoms with Gasteiger partial charge in [-0.2, -0.15) is 0 Å². The fourth-order valence-electron chi connectivity index (χ4n) is 3.94. The Hall–Kier alpha value is -0.0800. The normalized spacial score (nSPS) is 31.3. The minimum absolute atomic E-state index is 0.0633. The quantitative estimate of drug-likeness (QED) is 0.778. The van der Waals surface area contributed by atoms with Crippen molar-refractivity contribution in [2.45, 2.75) is 72.4 Å². The molecule has 2 heteroatoms. The summed E-state index contributed by atoms with van der Waals surface area (Å²) < 4.78 is 6.01. The van der Waals surface area contributed by atoms with Crippen molar-refractivity contribution < 1.29 is 4.74 Å². The molecule has 0 aromatic heterocycles. The minimum atomic E-state index is -0.0633. The molecule has 18 heavy (non-hydrogen) atoms. The predicted octanol–water partition coefficient (Wildman–Crippen LogP) is 3.85. The van der Waals surface area contributed by atoms with Crippen LogP contribution in [0, 0.1) is 17.8 Å². The molecule has 1 rings (SSSR count). The van der Waals surface area contributed by atoms with Crippen LogP contribution in [0.5, 0.6) is 0 Å². The molecule has 0 heterocycles. The summed E-state index contributed by atoms with van der Waals surface area (Å²) in [6.45, 7) is 15.4. The second kappa shape index (κ2) is 6.91. The largest absolute Gasteiger partial charge is 0.374 e. The van der Waals surface area contributed by atoms with Crippen molar-refractivity contribution >= 4 is 0 Å². The Morgan fingerprint density at radius 3 is 2.11 bits per heavy atom. The van der Waals surface area contributed by atoms with Crippen LogP contribution in [-0.2, 0) is 4.74 Å². The summed E-state index contributed by atoms with van der Waals surface area (Å²) in [5.41, 5.74) is -0.0633. The molecule has 1 saturated carbocycles. The summed E-state index contributed by atoms with van der Waals surface area (Å²) in [5, 5.41) is 3.69. The van der Waals surface area contributed by atoms with E-state index in [2.05, 4.69) is 46.9 Å². The van der Waals surface area contributed by atoms with E-state index in [4.69, 9.17) is 4.74 Å². The molecule has 3 unspecified atom stereocenters. The van der Waals surface area contributed by atoms with Crippen LogP contribution in [0.1, 0.15) is 60.8 Å². The Kier molecular flexibility index (Phi) is 6.13. The zero-order valence-corrected chi connectivity index (χ0v) is 13.3. The highest BCUT2D eigenvalue weighted by Gasteiger charge is 2.38. The fraction of sp³-hybridized carbons (Fsp3) is 1.00. The molecule has 0 radical (unpaired) electrons. The van der Waals surface area contributed by atoms with Crippen molar-refractivity contribution in [1.29, 1.82) is 0 Å². The average Bonchev–Trinajstić information content (AvgIpc) is 2.24. The second-order valence-corrected chi connectivity index (χ2v) is 6.75. The summed E-state index contributed by atoms with van der Waals surface area (Å²) in [6.07, 6.45) is 4.08. The van der Waals surface area contributed by atoms with Crippen LogP contribution in [0.25, 0.3) is 0 Å². The third-order valence-corrected chi connectivity index (χ3v) is 4.38. The third-order valence-electron chi connectivity index (χ3n) is 4.38. The van der Waals surface area contributed by atoms with E-state index in [0.29, 0.717) is 6.04 Å². The van der Waals surface area contributed by atoms with E-state index >= 15 is 0 Å². The van der Waals surface area contributed by atoms with Crippen LogP contribution in [0.2, 0.25) is 0 Å². The summed E-state index contributed by atoms with van der Waals surface area (Å²) in [6, 6.07) is 0.479. The number of hydrogen-bond donors (Lipinski definition) is 1. The van der Waals surface area contributed by atoms with E-state index in [1.165, 1.54) is 19.3 Å². The maximum atomic E-state index is 6.01. The van der Waals surface area contributed by atoms with Gasteiger partial charge in [-0.05, 0) is 64.3 Å². The maximum Gasteiger partial charge on any atom is 0.0781 e. The average molecular weight is 255 g/mol. The van der Waals surface area contributed by atoms with Crippen molar-refractivity contribution in [3.63, 3.8) is 0 Å². The molecule has 0 aromatic rings. The number of hydrogen-bond acceptors (Lipinski definition) is 2. The van der Waals surface area contributed by atoms with Gasteiger partial charge in [-0.25, -0.2) is 0 Å². The molecule has 1 fully saturated rings. The van der Waals surface area contributed by atoms with Crippen molar-refractivity contribution in [2.24, 2.45) is 17.8 Å². The predicted molar refractivity (Wildman–Crippen MR) is 78.8 cm³/mol. The lowest BCUT2D eigenvalue weighted by molar-refractivity contribution is -0.0614. The van der Waals surface area contributed by atoms with Gasteiger partial charge in [0.05, 0.1) is 5.60 Å². The Balaban J connectivity index is 2.76. The van der Waals surface area contributed by atoms with Crippen molar-refractivity contribution in [3.05, 3.63) is 0 Å². The van der Waals surface area contributed by atoms with Gasteiger partial charge in [-0.1, -0.05) is 20.8 Å². The molecule has 1 N–H and O–H groups in total. The first-order valence-corrected chi connectivity index (χ1v) is 7.78. The van der Waals surface area contributed by atoms with Gasteiger partial charge >= 0.3 is 0 Å². The topological polar surface area (TPSA) is 21.3 Å². The van der Waals surface area contributed by atoms with Crippen molar-refractivity contribution in [2.75, 3.05) is 13.2 Å². The molecule has 108 valence electrons. The summed E-state index contributed by atoms with van der Waals surface area (Å²) >= 11 is 0. The Morgan fingerprint density at radius 1 is 1.11 bits per heavy atom. The highest BCUT2D eigenvalue weighted by molar-refractivity contribution is 4.93. The number of likely N-dealkylation sites (N-methyl/N-ethyl adjacent to an activating group) is 1. The van der Waals surface area contributed by atoms with Gasteiger partial charge in [0, 0.05) is 12.6 Å². The molecule has 0 saturated heterocycles. The van der Waals surface area contributed by atoms with Gasteiger partial charge in [-0.15, -0.1) is 0 Å². The molecule has 0 spiro atoms. The Morgan fingerprint density at radius 2 is 1.67 bits per heavy atom. The van der Waals surface area contributed by atoms with Gasteiger partial charge < -0.3 is 10.1 Å². The lowest BCUT2D eigenvalue weighted by Crippen LogP contribution is -2.54. The zero-order chi connectivity index (χ0) is 13.8. The molecule has 0 amide bonds. The molecule has 2 nitrogen and oxygen atoms in total. The second-order valence-electron chi connectivity index (χ2n) is 6.75. The van der Waals surface area contributed by atoms with E-state index in [-0.39, 0.29) is 5.60 Å². The number of ether oxygens (including phenoxy) is 1. The monoisotopic (exact) mass is 255 g/mol. The van der Waals surface area contributed by atoms with Crippen LogP contribution >= 0.6 is 0 Å². The molecule has 0 aliphatic heterocycles. The number of nitrogens with one attached hydrogen (secondary N) is 1. The first-order valence-electron chi connectivity index (χ1n) is 7.78. The summed E-state index contributed by atoms with van der Waals surface area (Å²) in [5.74, 6) is 2.47. The van der Waals surface area contributed by atoms with Crippen LogP contribution in [0.4, 0.5) is 0 Å². The van der Waals surface area contributed by atoms with Gasteiger partial charge in [0.25, 0.3) is 0 Å². The maximum absolute atomic E-state index is 6.01. The van der Waals surface area contributed by atoms with Gasteiger partial charge in [0.15, 0.2) is 0 Å². The first-order chi connectivity index (χ1) is 8.40. The van der Waals surface area contributed by atoms with Crippen LogP contribution < -0.4 is 5.32 Å². The van der Waals surface area contributed by atoms with E-state index in [1.807, 2.05) is 0 Å². The van der Waals surface area contributed by atoms with E-state index in [1.54, 1.807) is 0 Å². The molecular weight excluding hydrogens is 222 g/mol. The van der Waals surface area contributed by atoms with Crippen LogP contribution in [0.3, 0.4) is 0 Å². The fourth-order valence-corrected chi connectivity index (χ4v) is 3.94. The van der Waals surface area contributed by atoms with Gasteiger partial charge in [0.2, 0.25) is 0 Å². The SMILES string of the molecule is CCNC(C1CC(C)CC(C)C1)C(C)(C)OCC. The van der Waals surface area contributed by atoms with E-state index in [9.17, 15) is 0 Å². The lowest BCUT2D eigenvalue weighted by atomic mass is 9.70. The van der Waals surface area contributed by atoms with E-state index < -0.39 is 0 Å². The third kappa shape index (κ3) is 4.24. The Labute approximate surface area is 114 Å². The lowest BCUT2D eigenvalue weighted by Gasteiger charge is -2.44. The summed E-state index contributed by atoms with van der Waals surface area (Å²) in [4.78, 5) is 0. The zero-order valence-electron chi connectivity index (χ0n) is 13.3. The number of rotatable bonds is 6. The highest BCUT2D eigenvalue weighted by Crippen LogP contribution is 2.38. The minimum Gasteiger partial charge on any atom is -0.374 e. The van der Waals surface area contributed by atoms with Gasteiger partial charge in [0.1, 0.15) is 0 Å². The Bertz CT molecular complexity index is 229. The molecule has 3 atom stereocenters. The van der Waals surface area contributed by atoms with Crippen LogP contribution in [0.15, 0.2) is 0 Å². The van der Waals surface area contributed by atoms with Gasteiger partial charge in [-0.3, -0.25) is 0 Å². The van der Waals surface area contributed by atoms with Crippen molar-refractivity contribution in [1.82, 2.24) is 5.32 Å². The van der Waals surface area contributed by atoms with E-state index in [0.717, 1.165) is 30.9 Å². The molecule has 0 aromatic carbocycles. The molecule has 0 bridgehead atoms. The molecular formula is C16H33NO. The van der Waals surface area contributed by atoms with Crippen LogP contribution in [-0.4, -0.2) is 24.8 Å². The van der Waals surface area contributed by atoms with Crippen molar-refractivity contribution in [3.8, 4) is 0 Å². The first kappa shape index (κ1) is 16.0. The standard InChI is InChI=1S/C16H33NO/c1-7-17-15(16(5,6)18-8-2)14-10-12(3)9-13(4)11-14/h12-15,17H,7-11H2,1-6H3. The molecule has 1 aliphatic rings. The smallest absolute Gasteiger partial charge is 0.0781 e. The summed E-state index contributed by atoms with van der Waals surface area (Å²) in [7, 11) is 0. The molecule has 1 aliphatic carbocycles. The highest BCUT2D eigenvalue weighted by atomic mass is 16.5.